The summed E-state index contributed by atoms with van der Waals surface area (Å²) < 4.78 is 0. The van der Waals surface area contributed by atoms with E-state index in [-0.39, 0.29) is 24.6 Å². The molecule has 1 heterocycles. The molecule has 0 aromatic heterocycles. The van der Waals surface area contributed by atoms with Crippen molar-refractivity contribution in [3.8, 4) is 0 Å². The van der Waals surface area contributed by atoms with Crippen LogP contribution < -0.4 is 5.06 Å². The molecular formula is C10H24NO2+. The maximum Gasteiger partial charge on any atom is 0.124 e. The maximum absolute atomic E-state index is 9.89. The predicted octanol–water partition coefficient (Wildman–Crippen LogP) is 0.608. The first kappa shape index (κ1) is 12.9. The smallest absolute Gasteiger partial charge is 0.124 e. The number of hydrogen-bond acceptors (Lipinski definition) is 2. The van der Waals surface area contributed by atoms with Crippen molar-refractivity contribution in [2.75, 3.05) is 0 Å². The van der Waals surface area contributed by atoms with Crippen LogP contribution in [0.3, 0.4) is 0 Å². The maximum atomic E-state index is 9.89. The molecule has 1 rings (SSSR count). The molecule has 1 fully saturated rings. The monoisotopic (exact) mass is 190 g/mol. The predicted molar refractivity (Wildman–Crippen MR) is 52.9 cm³/mol. The van der Waals surface area contributed by atoms with Gasteiger partial charge in [-0.2, -0.15) is 5.06 Å². The first-order valence-corrected chi connectivity index (χ1v) is 4.51. The molecule has 0 unspecified atom stereocenters. The summed E-state index contributed by atoms with van der Waals surface area (Å²) in [5.74, 6) is 0. The molecule has 0 aromatic carbocycles. The van der Waals surface area contributed by atoms with E-state index < -0.39 is 0 Å². The molecule has 1 aliphatic heterocycles. The van der Waals surface area contributed by atoms with Gasteiger partial charge in [-0.1, -0.05) is 7.43 Å². The first-order valence-electron chi connectivity index (χ1n) is 4.51. The van der Waals surface area contributed by atoms with Crippen LogP contribution >= 0.6 is 0 Å². The fraction of sp³-hybridized carbons (Fsp3) is 1.00. The van der Waals surface area contributed by atoms with Crippen LogP contribution in [0.5, 0.6) is 0 Å². The third-order valence-electron chi connectivity index (χ3n) is 2.77. The zero-order chi connectivity index (χ0) is 9.57. The Balaban J connectivity index is 0.00000144. The van der Waals surface area contributed by atoms with E-state index >= 15 is 0 Å². The SMILES string of the molecule is C.CC1(C)CC(O)CC(C)(C)[NH+]1O. The Hall–Kier alpha value is -0.120. The van der Waals surface area contributed by atoms with Crippen LogP contribution in [0.15, 0.2) is 0 Å². The standard InChI is InChI=1S/C9H19NO2.CH4/c1-8(2)5-7(11)6-9(3,4)10(8)12;/h7,11-12H,5-6H2,1-4H3;1H4/p+1. The Kier molecular flexibility index (Phi) is 3.53. The first-order chi connectivity index (χ1) is 5.26. The zero-order valence-electron chi connectivity index (χ0n) is 8.39. The lowest BCUT2D eigenvalue weighted by molar-refractivity contribution is -1.16. The number of aliphatic hydroxyl groups excluding tert-OH is 1. The summed E-state index contributed by atoms with van der Waals surface area (Å²) in [6, 6.07) is 0. The van der Waals surface area contributed by atoms with Crippen molar-refractivity contribution >= 4 is 0 Å². The molecule has 3 N–H and O–H groups in total. The van der Waals surface area contributed by atoms with Gasteiger partial charge in [-0.05, 0) is 27.7 Å². The third kappa shape index (κ3) is 2.42. The molecule has 0 amide bonds. The fourth-order valence-corrected chi connectivity index (χ4v) is 2.36. The number of hydroxylamine groups is 2. The van der Waals surface area contributed by atoms with Gasteiger partial charge in [0.15, 0.2) is 0 Å². The molecule has 1 saturated heterocycles. The molecule has 80 valence electrons. The van der Waals surface area contributed by atoms with Gasteiger partial charge < -0.3 is 5.11 Å². The number of hydrogen-bond donors (Lipinski definition) is 3. The minimum atomic E-state index is -0.272. The highest BCUT2D eigenvalue weighted by molar-refractivity contribution is 4.84. The highest BCUT2D eigenvalue weighted by atomic mass is 16.5. The normalized spacial score (nSPS) is 36.5. The molecule has 0 saturated carbocycles. The van der Waals surface area contributed by atoms with Gasteiger partial charge in [0.05, 0.1) is 6.10 Å². The second-order valence-corrected chi connectivity index (χ2v) is 5.18. The van der Waals surface area contributed by atoms with Gasteiger partial charge in [0.1, 0.15) is 11.1 Å². The molecule has 1 aliphatic rings. The summed E-state index contributed by atoms with van der Waals surface area (Å²) in [5, 5.41) is 20.0. The third-order valence-corrected chi connectivity index (χ3v) is 2.77. The van der Waals surface area contributed by atoms with E-state index in [9.17, 15) is 10.3 Å². The van der Waals surface area contributed by atoms with Crippen LogP contribution in [0.25, 0.3) is 0 Å². The Morgan fingerprint density at radius 2 is 1.38 bits per heavy atom. The number of rotatable bonds is 0. The highest BCUT2D eigenvalue weighted by Crippen LogP contribution is 2.22. The van der Waals surface area contributed by atoms with Gasteiger partial charge in [-0.25, -0.2) is 5.21 Å². The molecular weight excluding hydrogens is 166 g/mol. The summed E-state index contributed by atoms with van der Waals surface area (Å²) in [4.78, 5) is 0. The molecule has 3 heteroatoms. The highest BCUT2D eigenvalue weighted by Gasteiger charge is 2.48. The second kappa shape index (κ2) is 3.56. The Morgan fingerprint density at radius 3 is 1.69 bits per heavy atom. The number of quaternary nitrogens is 1. The van der Waals surface area contributed by atoms with E-state index in [4.69, 9.17) is 0 Å². The molecule has 13 heavy (non-hydrogen) atoms. The Labute approximate surface area is 81.3 Å². The molecule has 3 nitrogen and oxygen atoms in total. The van der Waals surface area contributed by atoms with Crippen molar-refractivity contribution in [1.29, 1.82) is 0 Å². The van der Waals surface area contributed by atoms with Gasteiger partial charge in [0.2, 0.25) is 0 Å². The number of nitrogens with one attached hydrogen (secondary N) is 1. The van der Waals surface area contributed by atoms with Crippen LogP contribution in [-0.4, -0.2) is 27.5 Å². The number of aliphatic hydroxyl groups is 1. The lowest BCUT2D eigenvalue weighted by atomic mass is 9.80. The summed E-state index contributed by atoms with van der Waals surface area (Å²) in [6.07, 6.45) is 1.07. The summed E-state index contributed by atoms with van der Waals surface area (Å²) in [7, 11) is 0. The van der Waals surface area contributed by atoms with E-state index in [1.165, 1.54) is 0 Å². The van der Waals surface area contributed by atoms with E-state index in [0.717, 1.165) is 0 Å². The minimum absolute atomic E-state index is 0. The van der Waals surface area contributed by atoms with Gasteiger partial charge in [-0.3, -0.25) is 0 Å². The van der Waals surface area contributed by atoms with E-state index in [2.05, 4.69) is 0 Å². The van der Waals surface area contributed by atoms with Crippen molar-refractivity contribution in [1.82, 2.24) is 0 Å². The number of piperidine rings is 1. The van der Waals surface area contributed by atoms with Crippen molar-refractivity contribution in [2.45, 2.75) is 65.1 Å². The van der Waals surface area contributed by atoms with Crippen molar-refractivity contribution < 1.29 is 15.4 Å². The molecule has 0 bridgehead atoms. The van der Waals surface area contributed by atoms with E-state index in [1.54, 1.807) is 0 Å². The van der Waals surface area contributed by atoms with Crippen LogP contribution in [0.1, 0.15) is 48.0 Å². The summed E-state index contributed by atoms with van der Waals surface area (Å²) in [6.45, 7) is 7.91. The average Bonchev–Trinajstić information content (AvgIpc) is 1.80. The van der Waals surface area contributed by atoms with Gasteiger partial charge in [0.25, 0.3) is 0 Å². The van der Waals surface area contributed by atoms with Crippen molar-refractivity contribution in [2.24, 2.45) is 0 Å². The van der Waals surface area contributed by atoms with Crippen LogP contribution in [0, 0.1) is 0 Å². The average molecular weight is 190 g/mol. The van der Waals surface area contributed by atoms with Crippen LogP contribution in [0.2, 0.25) is 0 Å². The minimum Gasteiger partial charge on any atom is -0.393 e. The van der Waals surface area contributed by atoms with Gasteiger partial charge >= 0.3 is 0 Å². The van der Waals surface area contributed by atoms with Gasteiger partial charge in [-0.15, -0.1) is 0 Å². The largest absolute Gasteiger partial charge is 0.393 e. The van der Waals surface area contributed by atoms with Gasteiger partial charge in [0, 0.05) is 12.8 Å². The topological polar surface area (TPSA) is 44.9 Å². The van der Waals surface area contributed by atoms with Crippen LogP contribution in [0.4, 0.5) is 0 Å². The summed E-state index contributed by atoms with van der Waals surface area (Å²) >= 11 is 0. The van der Waals surface area contributed by atoms with Crippen molar-refractivity contribution in [3.63, 3.8) is 0 Å². The molecule has 0 aliphatic carbocycles. The lowest BCUT2D eigenvalue weighted by Gasteiger charge is -2.45. The lowest BCUT2D eigenvalue weighted by Crippen LogP contribution is -3.25. The quantitative estimate of drug-likeness (QED) is 0.524. The molecule has 0 spiro atoms. The molecule has 0 aromatic rings. The zero-order valence-corrected chi connectivity index (χ0v) is 8.39. The van der Waals surface area contributed by atoms with Crippen molar-refractivity contribution in [3.05, 3.63) is 0 Å². The Bertz CT molecular complexity index is 160. The van der Waals surface area contributed by atoms with Crippen LogP contribution in [-0.2, 0) is 0 Å². The summed E-state index contributed by atoms with van der Waals surface area (Å²) in [5.41, 5.74) is -0.470. The molecule has 0 radical (unpaired) electrons. The van der Waals surface area contributed by atoms with E-state index in [1.807, 2.05) is 27.7 Å². The fourth-order valence-electron chi connectivity index (χ4n) is 2.36. The second-order valence-electron chi connectivity index (χ2n) is 5.18. The van der Waals surface area contributed by atoms with E-state index in [0.29, 0.717) is 17.9 Å². The Morgan fingerprint density at radius 1 is 1.08 bits per heavy atom. The molecule has 0 atom stereocenters.